The number of nitrogens with one attached hydrogen (secondary N) is 1. The van der Waals surface area contributed by atoms with Crippen LogP contribution in [0.25, 0.3) is 0 Å². The summed E-state index contributed by atoms with van der Waals surface area (Å²) in [5, 5.41) is 4.58. The summed E-state index contributed by atoms with van der Waals surface area (Å²) in [4.78, 5) is 33.2. The molecule has 0 aliphatic carbocycles. The minimum absolute atomic E-state index is 0.0333. The van der Waals surface area contributed by atoms with Gasteiger partial charge in [-0.25, -0.2) is 4.98 Å². The van der Waals surface area contributed by atoms with Gasteiger partial charge in [-0.15, -0.1) is 11.3 Å². The van der Waals surface area contributed by atoms with Crippen molar-refractivity contribution in [3.05, 3.63) is 52.5 Å². The van der Waals surface area contributed by atoms with E-state index in [1.165, 1.54) is 16.9 Å². The molecule has 1 unspecified atom stereocenters. The van der Waals surface area contributed by atoms with E-state index in [0.717, 1.165) is 19.6 Å². The second-order valence-electron chi connectivity index (χ2n) is 7.22. The van der Waals surface area contributed by atoms with Crippen LogP contribution in [0.5, 0.6) is 0 Å². The molecular formula is C19H22N4O2S. The van der Waals surface area contributed by atoms with Crippen molar-refractivity contribution in [3.63, 3.8) is 0 Å². The first-order valence-corrected chi connectivity index (χ1v) is 9.71. The maximum Gasteiger partial charge on any atom is 0.273 e. The average Bonchev–Trinajstić information content (AvgIpc) is 3.28. The van der Waals surface area contributed by atoms with Gasteiger partial charge in [0.15, 0.2) is 0 Å². The first-order valence-electron chi connectivity index (χ1n) is 8.77. The summed E-state index contributed by atoms with van der Waals surface area (Å²) in [6.07, 6.45) is 0. The van der Waals surface area contributed by atoms with E-state index in [9.17, 15) is 9.59 Å². The molecule has 3 heterocycles. The van der Waals surface area contributed by atoms with Gasteiger partial charge in [0.05, 0.1) is 11.4 Å². The van der Waals surface area contributed by atoms with E-state index in [2.05, 4.69) is 27.3 Å². The Morgan fingerprint density at radius 3 is 2.69 bits per heavy atom. The number of carbonyl (C=O) groups excluding carboxylic acids is 2. The van der Waals surface area contributed by atoms with E-state index in [1.807, 2.05) is 23.1 Å². The lowest BCUT2D eigenvalue weighted by Gasteiger charge is -2.50. The largest absolute Gasteiger partial charge is 0.359 e. The third-order valence-electron chi connectivity index (χ3n) is 5.48. The molecule has 1 spiro atoms. The zero-order valence-electron chi connectivity index (χ0n) is 14.7. The van der Waals surface area contributed by atoms with Gasteiger partial charge in [0.2, 0.25) is 5.91 Å². The van der Waals surface area contributed by atoms with Gasteiger partial charge in [0.1, 0.15) is 5.69 Å². The monoisotopic (exact) mass is 370 g/mol. The van der Waals surface area contributed by atoms with Crippen LogP contribution < -0.4 is 5.32 Å². The molecule has 0 saturated carbocycles. The highest BCUT2D eigenvalue weighted by molar-refractivity contribution is 7.07. The lowest BCUT2D eigenvalue weighted by Crippen LogP contribution is -2.64. The van der Waals surface area contributed by atoms with Gasteiger partial charge >= 0.3 is 0 Å². The molecule has 2 fully saturated rings. The van der Waals surface area contributed by atoms with Gasteiger partial charge in [-0.05, 0) is 5.56 Å². The molecule has 4 rings (SSSR count). The average molecular weight is 370 g/mol. The highest BCUT2D eigenvalue weighted by atomic mass is 32.1. The Morgan fingerprint density at radius 2 is 2.04 bits per heavy atom. The Bertz CT molecular complexity index is 787. The molecule has 6 nitrogen and oxygen atoms in total. The summed E-state index contributed by atoms with van der Waals surface area (Å²) < 4.78 is 0. The van der Waals surface area contributed by atoms with E-state index in [-0.39, 0.29) is 23.1 Å². The molecule has 2 saturated heterocycles. The molecule has 7 heteroatoms. The van der Waals surface area contributed by atoms with Crippen molar-refractivity contribution in [2.75, 3.05) is 33.2 Å². The summed E-state index contributed by atoms with van der Waals surface area (Å²) >= 11 is 1.42. The molecule has 0 radical (unpaired) electrons. The smallest absolute Gasteiger partial charge is 0.273 e. The third-order valence-corrected chi connectivity index (χ3v) is 6.07. The molecule has 26 heavy (non-hydrogen) atoms. The molecule has 2 aromatic rings. The summed E-state index contributed by atoms with van der Waals surface area (Å²) in [5.41, 5.74) is 3.27. The van der Waals surface area contributed by atoms with Crippen molar-refractivity contribution >= 4 is 23.2 Å². The summed E-state index contributed by atoms with van der Waals surface area (Å²) in [6, 6.07) is 10.3. The second-order valence-corrected chi connectivity index (χ2v) is 7.94. The van der Waals surface area contributed by atoms with Crippen molar-refractivity contribution in [1.82, 2.24) is 20.1 Å². The normalized spacial score (nSPS) is 21.6. The Morgan fingerprint density at radius 1 is 1.27 bits per heavy atom. The Balaban J connectivity index is 1.47. The molecule has 0 bridgehead atoms. The molecular weight excluding hydrogens is 348 g/mol. The molecule has 1 aromatic heterocycles. The maximum absolute atomic E-state index is 12.5. The zero-order valence-corrected chi connectivity index (χ0v) is 15.5. The van der Waals surface area contributed by atoms with E-state index in [4.69, 9.17) is 0 Å². The van der Waals surface area contributed by atoms with Crippen LogP contribution >= 0.6 is 11.3 Å². The molecule has 2 aliphatic heterocycles. The molecule has 2 amide bonds. The maximum atomic E-state index is 12.5. The minimum Gasteiger partial charge on any atom is -0.359 e. The SMILES string of the molecule is CNC(=O)C1CN(Cc2ccccc2)CC12CN(C(=O)c1cscn1)C2. The van der Waals surface area contributed by atoms with Gasteiger partial charge in [-0.3, -0.25) is 14.5 Å². The van der Waals surface area contributed by atoms with Gasteiger partial charge in [-0.2, -0.15) is 0 Å². The lowest BCUT2D eigenvalue weighted by molar-refractivity contribution is -0.130. The van der Waals surface area contributed by atoms with Crippen molar-refractivity contribution in [3.8, 4) is 0 Å². The Labute approximate surface area is 156 Å². The van der Waals surface area contributed by atoms with Crippen molar-refractivity contribution in [2.45, 2.75) is 6.54 Å². The lowest BCUT2D eigenvalue weighted by atomic mass is 9.71. The van der Waals surface area contributed by atoms with Crippen LogP contribution in [0.4, 0.5) is 0 Å². The van der Waals surface area contributed by atoms with Crippen LogP contribution in [0.3, 0.4) is 0 Å². The molecule has 1 N–H and O–H groups in total. The van der Waals surface area contributed by atoms with Crippen LogP contribution in [0, 0.1) is 11.3 Å². The highest BCUT2D eigenvalue weighted by Gasteiger charge is 2.57. The summed E-state index contributed by atoms with van der Waals surface area (Å²) in [5.74, 6) is -0.0499. The Hall–Kier alpha value is -2.25. The number of thiazole rings is 1. The van der Waals surface area contributed by atoms with Crippen LogP contribution in [0.1, 0.15) is 16.1 Å². The highest BCUT2D eigenvalue weighted by Crippen LogP contribution is 2.45. The number of rotatable bonds is 4. The van der Waals surface area contributed by atoms with Gasteiger partial charge < -0.3 is 10.2 Å². The second kappa shape index (κ2) is 6.81. The standard InChI is InChI=1S/C19H22N4O2S/c1-20-17(24)15-8-22(7-14-5-3-2-4-6-14)10-19(15)11-23(12-19)18(25)16-9-26-13-21-16/h2-6,9,13,15H,7-8,10-12H2,1H3,(H,20,24). The van der Waals surface area contributed by atoms with E-state index in [0.29, 0.717) is 18.8 Å². The van der Waals surface area contributed by atoms with Gasteiger partial charge in [0.25, 0.3) is 5.91 Å². The van der Waals surface area contributed by atoms with Crippen LogP contribution in [-0.4, -0.2) is 59.8 Å². The van der Waals surface area contributed by atoms with Gasteiger partial charge in [-0.1, -0.05) is 30.3 Å². The predicted molar refractivity (Wildman–Crippen MR) is 99.7 cm³/mol. The van der Waals surface area contributed by atoms with Crippen LogP contribution in [0.15, 0.2) is 41.2 Å². The number of nitrogens with zero attached hydrogens (tertiary/aromatic N) is 3. The number of benzene rings is 1. The number of carbonyl (C=O) groups is 2. The van der Waals surface area contributed by atoms with Crippen molar-refractivity contribution < 1.29 is 9.59 Å². The Kier molecular flexibility index (Phi) is 4.50. The molecule has 2 aliphatic rings. The third kappa shape index (κ3) is 3.01. The number of hydrogen-bond donors (Lipinski definition) is 1. The fraction of sp³-hybridized carbons (Fsp3) is 0.421. The quantitative estimate of drug-likeness (QED) is 0.885. The number of likely N-dealkylation sites (tertiary alicyclic amines) is 2. The molecule has 136 valence electrons. The minimum atomic E-state index is -0.152. The number of hydrogen-bond acceptors (Lipinski definition) is 5. The zero-order chi connectivity index (χ0) is 18.1. The first-order chi connectivity index (χ1) is 12.6. The fourth-order valence-corrected chi connectivity index (χ4v) is 4.75. The van der Waals surface area contributed by atoms with Crippen molar-refractivity contribution in [2.24, 2.45) is 11.3 Å². The number of amides is 2. The van der Waals surface area contributed by atoms with E-state index in [1.54, 1.807) is 17.9 Å². The van der Waals surface area contributed by atoms with E-state index >= 15 is 0 Å². The topological polar surface area (TPSA) is 65.5 Å². The predicted octanol–water partition coefficient (Wildman–Crippen LogP) is 1.46. The van der Waals surface area contributed by atoms with Crippen molar-refractivity contribution in [1.29, 1.82) is 0 Å². The fourth-order valence-electron chi connectivity index (χ4n) is 4.23. The number of aromatic nitrogens is 1. The first kappa shape index (κ1) is 17.2. The van der Waals surface area contributed by atoms with Crippen LogP contribution in [0.2, 0.25) is 0 Å². The van der Waals surface area contributed by atoms with Crippen LogP contribution in [-0.2, 0) is 11.3 Å². The van der Waals surface area contributed by atoms with Gasteiger partial charge in [0, 0.05) is 50.6 Å². The molecule has 1 aromatic carbocycles. The van der Waals surface area contributed by atoms with E-state index < -0.39 is 0 Å². The molecule has 1 atom stereocenters. The summed E-state index contributed by atoms with van der Waals surface area (Å²) in [6.45, 7) is 3.63. The summed E-state index contributed by atoms with van der Waals surface area (Å²) in [7, 11) is 1.69.